The molecule has 1 N–H and O–H groups in total. The number of nitrogens with one attached hydrogen (secondary N) is 1. The Bertz CT molecular complexity index is 555. The summed E-state index contributed by atoms with van der Waals surface area (Å²) in [6, 6.07) is 5.05. The highest BCUT2D eigenvalue weighted by atomic mass is 35.5. The number of carbonyl (C=O) groups is 2. The Morgan fingerprint density at radius 1 is 1.27 bits per heavy atom. The Morgan fingerprint density at radius 3 is 2.55 bits per heavy atom. The Labute approximate surface area is 140 Å². The second-order valence-corrected chi connectivity index (χ2v) is 6.35. The first-order valence-electron chi connectivity index (χ1n) is 7.55. The SMILES string of the molecule is CCCC(=O)NC1CCN(C(=O)c2ccc(Cl)cc2Cl)CC1. The van der Waals surface area contributed by atoms with Gasteiger partial charge in [0.05, 0.1) is 10.6 Å². The summed E-state index contributed by atoms with van der Waals surface area (Å²) in [5, 5.41) is 3.90. The van der Waals surface area contributed by atoms with Crippen LogP contribution in [-0.2, 0) is 4.79 Å². The van der Waals surface area contributed by atoms with E-state index in [4.69, 9.17) is 23.2 Å². The standard InChI is InChI=1S/C16H20Cl2N2O2/c1-2-3-15(21)19-12-6-8-20(9-7-12)16(22)13-5-4-11(17)10-14(13)18/h4-5,10,12H,2-3,6-9H2,1H3,(H,19,21). The van der Waals surface area contributed by atoms with Gasteiger partial charge in [0, 0.05) is 30.6 Å². The summed E-state index contributed by atoms with van der Waals surface area (Å²) >= 11 is 11.9. The van der Waals surface area contributed by atoms with Gasteiger partial charge in [0.1, 0.15) is 0 Å². The van der Waals surface area contributed by atoms with E-state index in [1.165, 1.54) is 0 Å². The summed E-state index contributed by atoms with van der Waals surface area (Å²) in [6.07, 6.45) is 2.94. The smallest absolute Gasteiger partial charge is 0.255 e. The number of benzene rings is 1. The maximum Gasteiger partial charge on any atom is 0.255 e. The van der Waals surface area contributed by atoms with Crippen molar-refractivity contribution < 1.29 is 9.59 Å². The number of rotatable bonds is 4. The molecule has 0 radical (unpaired) electrons. The van der Waals surface area contributed by atoms with E-state index < -0.39 is 0 Å². The zero-order valence-electron chi connectivity index (χ0n) is 12.6. The molecule has 0 atom stereocenters. The molecule has 0 aliphatic carbocycles. The fraction of sp³-hybridized carbons (Fsp3) is 0.500. The molecule has 4 nitrogen and oxygen atoms in total. The van der Waals surface area contributed by atoms with Crippen molar-refractivity contribution in [3.63, 3.8) is 0 Å². The summed E-state index contributed by atoms with van der Waals surface area (Å²) in [5.74, 6) is 0.00743. The molecule has 0 unspecified atom stereocenters. The average molecular weight is 343 g/mol. The number of hydrogen-bond acceptors (Lipinski definition) is 2. The van der Waals surface area contributed by atoms with Crippen LogP contribution in [0, 0.1) is 0 Å². The van der Waals surface area contributed by atoms with E-state index >= 15 is 0 Å². The second-order valence-electron chi connectivity index (χ2n) is 5.51. The van der Waals surface area contributed by atoms with Crippen LogP contribution in [0.15, 0.2) is 18.2 Å². The van der Waals surface area contributed by atoms with Crippen LogP contribution in [0.25, 0.3) is 0 Å². The van der Waals surface area contributed by atoms with Crippen LogP contribution in [0.4, 0.5) is 0 Å². The molecule has 0 aromatic heterocycles. The quantitative estimate of drug-likeness (QED) is 0.909. The van der Waals surface area contributed by atoms with E-state index in [0.717, 1.165) is 19.3 Å². The number of piperidine rings is 1. The van der Waals surface area contributed by atoms with Gasteiger partial charge in [0.15, 0.2) is 0 Å². The van der Waals surface area contributed by atoms with Gasteiger partial charge < -0.3 is 10.2 Å². The maximum absolute atomic E-state index is 12.5. The molecule has 0 saturated carbocycles. The minimum atomic E-state index is -0.0833. The van der Waals surface area contributed by atoms with Gasteiger partial charge in [0.25, 0.3) is 5.91 Å². The molecule has 1 heterocycles. The van der Waals surface area contributed by atoms with Crippen molar-refractivity contribution in [2.24, 2.45) is 0 Å². The highest BCUT2D eigenvalue weighted by Gasteiger charge is 2.25. The lowest BCUT2D eigenvalue weighted by Crippen LogP contribution is -2.46. The lowest BCUT2D eigenvalue weighted by Gasteiger charge is -2.32. The molecule has 1 aromatic rings. The summed E-state index contributed by atoms with van der Waals surface area (Å²) in [4.78, 5) is 25.9. The molecule has 2 amide bonds. The van der Waals surface area contributed by atoms with E-state index in [1.54, 1.807) is 23.1 Å². The molecule has 0 bridgehead atoms. The minimum Gasteiger partial charge on any atom is -0.353 e. The Hall–Kier alpha value is -1.26. The number of carbonyl (C=O) groups excluding carboxylic acids is 2. The van der Waals surface area contributed by atoms with Crippen LogP contribution in [0.5, 0.6) is 0 Å². The third-order valence-corrected chi connectivity index (χ3v) is 4.33. The van der Waals surface area contributed by atoms with E-state index in [2.05, 4.69) is 5.32 Å². The Balaban J connectivity index is 1.91. The van der Waals surface area contributed by atoms with Gasteiger partial charge in [0.2, 0.25) is 5.91 Å². The molecule has 2 rings (SSSR count). The van der Waals surface area contributed by atoms with Gasteiger partial charge in [-0.3, -0.25) is 9.59 Å². The van der Waals surface area contributed by atoms with Crippen molar-refractivity contribution in [3.8, 4) is 0 Å². The van der Waals surface area contributed by atoms with Crippen molar-refractivity contribution in [2.75, 3.05) is 13.1 Å². The van der Waals surface area contributed by atoms with Crippen molar-refractivity contribution >= 4 is 35.0 Å². The third-order valence-electron chi connectivity index (χ3n) is 3.79. The van der Waals surface area contributed by atoms with Crippen molar-refractivity contribution in [1.82, 2.24) is 10.2 Å². The van der Waals surface area contributed by atoms with Gasteiger partial charge in [-0.25, -0.2) is 0 Å². The largest absolute Gasteiger partial charge is 0.353 e. The molecule has 1 aromatic carbocycles. The molecule has 1 aliphatic heterocycles. The molecule has 1 fully saturated rings. The van der Waals surface area contributed by atoms with Crippen molar-refractivity contribution in [1.29, 1.82) is 0 Å². The zero-order chi connectivity index (χ0) is 16.1. The van der Waals surface area contributed by atoms with E-state index in [0.29, 0.717) is 35.1 Å². The Morgan fingerprint density at radius 2 is 1.95 bits per heavy atom. The molecular formula is C16H20Cl2N2O2. The van der Waals surface area contributed by atoms with Gasteiger partial charge in [-0.15, -0.1) is 0 Å². The fourth-order valence-corrected chi connectivity index (χ4v) is 3.08. The first-order chi connectivity index (χ1) is 10.5. The molecule has 6 heteroatoms. The highest BCUT2D eigenvalue weighted by molar-refractivity contribution is 6.36. The lowest BCUT2D eigenvalue weighted by atomic mass is 10.0. The zero-order valence-corrected chi connectivity index (χ0v) is 14.1. The summed E-state index contributed by atoms with van der Waals surface area (Å²) in [5.41, 5.74) is 0.472. The first-order valence-corrected chi connectivity index (χ1v) is 8.30. The van der Waals surface area contributed by atoms with Crippen LogP contribution in [0.1, 0.15) is 43.0 Å². The van der Waals surface area contributed by atoms with E-state index in [-0.39, 0.29) is 17.9 Å². The monoisotopic (exact) mass is 342 g/mol. The van der Waals surface area contributed by atoms with Crippen LogP contribution < -0.4 is 5.32 Å². The highest BCUT2D eigenvalue weighted by Crippen LogP contribution is 2.23. The molecule has 22 heavy (non-hydrogen) atoms. The molecule has 0 spiro atoms. The first kappa shape index (κ1) is 17.1. The van der Waals surface area contributed by atoms with Gasteiger partial charge in [-0.05, 0) is 37.5 Å². The van der Waals surface area contributed by atoms with Crippen molar-refractivity contribution in [3.05, 3.63) is 33.8 Å². The van der Waals surface area contributed by atoms with Crippen LogP contribution in [0.2, 0.25) is 10.0 Å². The fourth-order valence-electron chi connectivity index (χ4n) is 2.59. The van der Waals surface area contributed by atoms with Gasteiger partial charge in [-0.2, -0.15) is 0 Å². The van der Waals surface area contributed by atoms with Crippen LogP contribution in [-0.4, -0.2) is 35.8 Å². The van der Waals surface area contributed by atoms with Gasteiger partial charge >= 0.3 is 0 Å². The molecule has 1 aliphatic rings. The van der Waals surface area contributed by atoms with Crippen LogP contribution >= 0.6 is 23.2 Å². The summed E-state index contributed by atoms with van der Waals surface area (Å²) in [6.45, 7) is 3.22. The summed E-state index contributed by atoms with van der Waals surface area (Å²) < 4.78 is 0. The van der Waals surface area contributed by atoms with E-state index in [1.807, 2.05) is 6.92 Å². The molecule has 120 valence electrons. The Kier molecular flexibility index (Phi) is 6.09. The number of hydrogen-bond donors (Lipinski definition) is 1. The van der Waals surface area contributed by atoms with Gasteiger partial charge in [-0.1, -0.05) is 30.1 Å². The lowest BCUT2D eigenvalue weighted by molar-refractivity contribution is -0.122. The minimum absolute atomic E-state index is 0.0833. The number of nitrogens with zero attached hydrogens (tertiary/aromatic N) is 1. The second kappa shape index (κ2) is 7.84. The average Bonchev–Trinajstić information content (AvgIpc) is 2.47. The topological polar surface area (TPSA) is 49.4 Å². The normalized spacial score (nSPS) is 15.7. The summed E-state index contributed by atoms with van der Waals surface area (Å²) in [7, 11) is 0. The molecule has 1 saturated heterocycles. The number of likely N-dealkylation sites (tertiary alicyclic amines) is 1. The predicted octanol–water partition coefficient (Wildman–Crippen LogP) is 3.51. The molecular weight excluding hydrogens is 323 g/mol. The van der Waals surface area contributed by atoms with Crippen molar-refractivity contribution in [2.45, 2.75) is 38.6 Å². The predicted molar refractivity (Wildman–Crippen MR) is 88.4 cm³/mol. The third kappa shape index (κ3) is 4.37. The van der Waals surface area contributed by atoms with Crippen LogP contribution in [0.3, 0.4) is 0 Å². The maximum atomic E-state index is 12.5. The number of halogens is 2. The number of amides is 2. The van der Waals surface area contributed by atoms with E-state index in [9.17, 15) is 9.59 Å².